The summed E-state index contributed by atoms with van der Waals surface area (Å²) in [4.78, 5) is 12.0. The van der Waals surface area contributed by atoms with Crippen molar-refractivity contribution in [2.45, 2.75) is 20.5 Å². The highest BCUT2D eigenvalue weighted by Gasteiger charge is 2.10. The van der Waals surface area contributed by atoms with E-state index in [1.165, 1.54) is 0 Å². The lowest BCUT2D eigenvalue weighted by Crippen LogP contribution is -2.37. The molecule has 0 atom stereocenters. The standard InChI is InChI=1S/C22H22N2O4S/c1-14-3-6-17(7-4-14)27-13-21(26)24-22(29)23-16-5-9-19(15(2)11-16)20-10-8-18(12-25)28-20/h3-11,25H,12-13H2,1-2H3,(H2,23,24,26,29). The molecule has 0 aliphatic heterocycles. The lowest BCUT2D eigenvalue weighted by atomic mass is 10.1. The third-order valence-corrected chi connectivity index (χ3v) is 4.42. The van der Waals surface area contributed by atoms with E-state index in [2.05, 4.69) is 10.6 Å². The molecule has 7 heteroatoms. The van der Waals surface area contributed by atoms with Gasteiger partial charge in [0.05, 0.1) is 0 Å². The molecule has 0 saturated heterocycles. The van der Waals surface area contributed by atoms with Crippen LogP contribution >= 0.6 is 12.2 Å². The fourth-order valence-electron chi connectivity index (χ4n) is 2.73. The van der Waals surface area contributed by atoms with Crippen LogP contribution in [0.4, 0.5) is 5.69 Å². The molecule has 1 heterocycles. The Morgan fingerprint density at radius 1 is 1.10 bits per heavy atom. The van der Waals surface area contributed by atoms with E-state index >= 15 is 0 Å². The Hall–Kier alpha value is -3.16. The second-order valence-corrected chi connectivity index (χ2v) is 6.97. The van der Waals surface area contributed by atoms with Crippen LogP contribution in [-0.4, -0.2) is 22.7 Å². The van der Waals surface area contributed by atoms with Gasteiger partial charge in [0, 0.05) is 11.3 Å². The Morgan fingerprint density at radius 3 is 2.52 bits per heavy atom. The minimum Gasteiger partial charge on any atom is -0.484 e. The van der Waals surface area contributed by atoms with Crippen LogP contribution in [0.3, 0.4) is 0 Å². The molecular weight excluding hydrogens is 388 g/mol. The Balaban J connectivity index is 1.53. The Morgan fingerprint density at radius 2 is 1.86 bits per heavy atom. The number of ether oxygens (including phenoxy) is 1. The zero-order valence-electron chi connectivity index (χ0n) is 16.2. The number of nitrogens with one attached hydrogen (secondary N) is 2. The summed E-state index contributed by atoms with van der Waals surface area (Å²) in [6, 6.07) is 16.6. The normalized spacial score (nSPS) is 10.4. The molecule has 6 nitrogen and oxygen atoms in total. The van der Waals surface area contributed by atoms with Crippen molar-refractivity contribution >= 4 is 28.9 Å². The molecule has 0 spiro atoms. The number of amides is 1. The number of benzene rings is 2. The molecule has 0 bridgehead atoms. The van der Waals surface area contributed by atoms with Gasteiger partial charge in [-0.05, 0) is 74.1 Å². The van der Waals surface area contributed by atoms with Crippen LogP contribution in [0.2, 0.25) is 0 Å². The van der Waals surface area contributed by atoms with Crippen LogP contribution in [0.1, 0.15) is 16.9 Å². The quantitative estimate of drug-likeness (QED) is 0.534. The van der Waals surface area contributed by atoms with Crippen LogP contribution in [0, 0.1) is 13.8 Å². The number of thiocarbonyl (C=S) groups is 1. The number of aryl methyl sites for hydroxylation is 2. The van der Waals surface area contributed by atoms with Gasteiger partial charge in [0.25, 0.3) is 5.91 Å². The lowest BCUT2D eigenvalue weighted by molar-refractivity contribution is -0.121. The predicted octanol–water partition coefficient (Wildman–Crippen LogP) is 3.95. The van der Waals surface area contributed by atoms with Gasteiger partial charge in [0.15, 0.2) is 11.7 Å². The summed E-state index contributed by atoms with van der Waals surface area (Å²) in [5.41, 5.74) is 3.74. The molecule has 150 valence electrons. The van der Waals surface area contributed by atoms with Crippen molar-refractivity contribution < 1.29 is 19.1 Å². The van der Waals surface area contributed by atoms with Gasteiger partial charge in [-0.3, -0.25) is 10.1 Å². The zero-order chi connectivity index (χ0) is 20.8. The maximum atomic E-state index is 12.0. The molecule has 29 heavy (non-hydrogen) atoms. The number of aliphatic hydroxyl groups is 1. The maximum Gasteiger partial charge on any atom is 0.264 e. The largest absolute Gasteiger partial charge is 0.484 e. The highest BCUT2D eigenvalue weighted by Crippen LogP contribution is 2.27. The van der Waals surface area contributed by atoms with Crippen molar-refractivity contribution in [3.8, 4) is 17.1 Å². The van der Waals surface area contributed by atoms with Crippen LogP contribution in [0.25, 0.3) is 11.3 Å². The number of rotatable bonds is 6. The van der Waals surface area contributed by atoms with Crippen molar-refractivity contribution in [1.82, 2.24) is 5.32 Å². The molecule has 1 amide bonds. The molecule has 1 aromatic heterocycles. The summed E-state index contributed by atoms with van der Waals surface area (Å²) in [5.74, 6) is 1.47. The first-order valence-corrected chi connectivity index (χ1v) is 9.46. The van der Waals surface area contributed by atoms with Gasteiger partial charge in [0.2, 0.25) is 0 Å². The van der Waals surface area contributed by atoms with E-state index in [-0.39, 0.29) is 24.2 Å². The summed E-state index contributed by atoms with van der Waals surface area (Å²) in [6.45, 7) is 3.66. The first-order valence-electron chi connectivity index (χ1n) is 9.05. The molecule has 0 aliphatic rings. The molecular formula is C22H22N2O4S. The second kappa shape index (κ2) is 9.36. The Labute approximate surface area is 174 Å². The van der Waals surface area contributed by atoms with Crippen LogP contribution in [0.5, 0.6) is 5.75 Å². The molecule has 0 aliphatic carbocycles. The summed E-state index contributed by atoms with van der Waals surface area (Å²) in [5, 5.41) is 14.9. The third kappa shape index (κ3) is 5.66. The fraction of sp³-hybridized carbons (Fsp3) is 0.182. The number of anilines is 1. The first kappa shape index (κ1) is 20.6. The summed E-state index contributed by atoms with van der Waals surface area (Å²) in [6.07, 6.45) is 0. The first-order chi connectivity index (χ1) is 13.9. The number of carbonyl (C=O) groups excluding carboxylic acids is 1. The Kier molecular flexibility index (Phi) is 6.64. The van der Waals surface area contributed by atoms with Crippen LogP contribution in [0.15, 0.2) is 59.0 Å². The SMILES string of the molecule is Cc1ccc(OCC(=O)NC(=S)Nc2ccc(-c3ccc(CO)o3)c(C)c2)cc1. The van der Waals surface area contributed by atoms with E-state index in [4.69, 9.17) is 26.5 Å². The van der Waals surface area contributed by atoms with Crippen molar-refractivity contribution in [3.05, 3.63) is 71.5 Å². The number of aliphatic hydroxyl groups excluding tert-OH is 1. The molecule has 3 aromatic rings. The van der Waals surface area contributed by atoms with E-state index < -0.39 is 0 Å². The topological polar surface area (TPSA) is 83.7 Å². The molecule has 0 saturated carbocycles. The Bertz CT molecular complexity index is 1010. The molecule has 3 N–H and O–H groups in total. The number of furan rings is 1. The smallest absolute Gasteiger partial charge is 0.264 e. The van der Waals surface area contributed by atoms with Gasteiger partial charge in [-0.15, -0.1) is 0 Å². The summed E-state index contributed by atoms with van der Waals surface area (Å²) in [7, 11) is 0. The van der Waals surface area contributed by atoms with Gasteiger partial charge in [-0.25, -0.2) is 0 Å². The number of carbonyl (C=O) groups is 1. The fourth-order valence-corrected chi connectivity index (χ4v) is 2.97. The summed E-state index contributed by atoms with van der Waals surface area (Å²) >= 11 is 5.20. The van der Waals surface area contributed by atoms with E-state index in [1.807, 2.05) is 62.4 Å². The van der Waals surface area contributed by atoms with E-state index in [1.54, 1.807) is 6.07 Å². The predicted molar refractivity (Wildman–Crippen MR) is 116 cm³/mol. The number of hydrogen-bond acceptors (Lipinski definition) is 5. The molecule has 3 rings (SSSR count). The highest BCUT2D eigenvalue weighted by atomic mass is 32.1. The van der Waals surface area contributed by atoms with Gasteiger partial charge < -0.3 is 19.6 Å². The zero-order valence-corrected chi connectivity index (χ0v) is 17.0. The van der Waals surface area contributed by atoms with Crippen molar-refractivity contribution in [2.75, 3.05) is 11.9 Å². The number of hydrogen-bond donors (Lipinski definition) is 3. The monoisotopic (exact) mass is 410 g/mol. The second-order valence-electron chi connectivity index (χ2n) is 6.56. The lowest BCUT2D eigenvalue weighted by Gasteiger charge is -2.12. The molecule has 2 aromatic carbocycles. The van der Waals surface area contributed by atoms with Gasteiger partial charge in [0.1, 0.15) is 23.9 Å². The van der Waals surface area contributed by atoms with Crippen molar-refractivity contribution in [3.63, 3.8) is 0 Å². The molecule has 0 radical (unpaired) electrons. The average molecular weight is 410 g/mol. The van der Waals surface area contributed by atoms with Gasteiger partial charge in [-0.1, -0.05) is 17.7 Å². The highest BCUT2D eigenvalue weighted by molar-refractivity contribution is 7.80. The minimum absolute atomic E-state index is 0.130. The van der Waals surface area contributed by atoms with Crippen molar-refractivity contribution in [2.24, 2.45) is 0 Å². The molecule has 0 unspecified atom stereocenters. The van der Waals surface area contributed by atoms with E-state index in [0.717, 1.165) is 22.4 Å². The third-order valence-electron chi connectivity index (χ3n) is 4.21. The van der Waals surface area contributed by atoms with E-state index in [0.29, 0.717) is 17.3 Å². The van der Waals surface area contributed by atoms with Crippen molar-refractivity contribution in [1.29, 1.82) is 0 Å². The average Bonchev–Trinajstić information content (AvgIpc) is 3.16. The van der Waals surface area contributed by atoms with Crippen LogP contribution < -0.4 is 15.4 Å². The van der Waals surface area contributed by atoms with E-state index in [9.17, 15) is 4.79 Å². The maximum absolute atomic E-state index is 12.0. The summed E-state index contributed by atoms with van der Waals surface area (Å²) < 4.78 is 11.0. The van der Waals surface area contributed by atoms with Gasteiger partial charge in [-0.2, -0.15) is 0 Å². The molecule has 0 fully saturated rings. The van der Waals surface area contributed by atoms with Crippen LogP contribution in [-0.2, 0) is 11.4 Å². The van der Waals surface area contributed by atoms with Gasteiger partial charge >= 0.3 is 0 Å². The minimum atomic E-state index is -0.344.